The summed E-state index contributed by atoms with van der Waals surface area (Å²) in [7, 11) is 0. The SMILES string of the molecule is CCc1ccc(C(=O)[C@H](C)Sc2n[nH]c(-c3ccc(C)cc3)n2)cc1. The first-order chi connectivity index (χ1) is 12.1. The van der Waals surface area contributed by atoms with Gasteiger partial charge < -0.3 is 0 Å². The molecule has 0 aliphatic carbocycles. The molecule has 0 saturated carbocycles. The van der Waals surface area contributed by atoms with Crippen LogP contribution in [0, 0.1) is 6.92 Å². The Morgan fingerprint density at radius 3 is 2.44 bits per heavy atom. The van der Waals surface area contributed by atoms with E-state index < -0.39 is 0 Å². The van der Waals surface area contributed by atoms with Gasteiger partial charge in [-0.3, -0.25) is 9.89 Å². The van der Waals surface area contributed by atoms with E-state index in [-0.39, 0.29) is 11.0 Å². The van der Waals surface area contributed by atoms with Gasteiger partial charge in [-0.15, -0.1) is 5.10 Å². The number of nitrogens with zero attached hydrogens (tertiary/aromatic N) is 2. The van der Waals surface area contributed by atoms with Crippen LogP contribution >= 0.6 is 11.8 Å². The van der Waals surface area contributed by atoms with Gasteiger partial charge in [0.15, 0.2) is 11.6 Å². The third kappa shape index (κ3) is 4.17. The van der Waals surface area contributed by atoms with Crippen LogP contribution in [0.3, 0.4) is 0 Å². The lowest BCUT2D eigenvalue weighted by Crippen LogP contribution is -2.13. The number of carbonyl (C=O) groups excluding carboxylic acids is 1. The summed E-state index contributed by atoms with van der Waals surface area (Å²) < 4.78 is 0. The van der Waals surface area contributed by atoms with Crippen molar-refractivity contribution in [1.29, 1.82) is 0 Å². The molecule has 5 heteroatoms. The molecule has 2 aromatic carbocycles. The second-order valence-corrected chi connectivity index (χ2v) is 7.32. The standard InChI is InChI=1S/C20H21N3OS/c1-4-15-7-11-16(12-8-15)18(24)14(3)25-20-21-19(22-23-20)17-9-5-13(2)6-10-17/h5-12,14H,4H2,1-3H3,(H,21,22,23)/t14-/m0/s1. The van der Waals surface area contributed by atoms with Crippen molar-refractivity contribution in [3.8, 4) is 11.4 Å². The Morgan fingerprint density at radius 1 is 1.12 bits per heavy atom. The zero-order valence-electron chi connectivity index (χ0n) is 14.6. The highest BCUT2D eigenvalue weighted by Crippen LogP contribution is 2.25. The first-order valence-electron chi connectivity index (χ1n) is 8.36. The van der Waals surface area contributed by atoms with Crippen LogP contribution in [0.4, 0.5) is 0 Å². The van der Waals surface area contributed by atoms with E-state index in [9.17, 15) is 4.79 Å². The van der Waals surface area contributed by atoms with Gasteiger partial charge >= 0.3 is 0 Å². The second-order valence-electron chi connectivity index (χ2n) is 6.01. The summed E-state index contributed by atoms with van der Waals surface area (Å²) in [5.41, 5.74) is 4.14. The fourth-order valence-electron chi connectivity index (χ4n) is 2.49. The van der Waals surface area contributed by atoms with E-state index in [0.717, 1.165) is 23.4 Å². The third-order valence-electron chi connectivity index (χ3n) is 4.09. The smallest absolute Gasteiger partial charge is 0.209 e. The molecule has 0 fully saturated rings. The van der Waals surface area contributed by atoms with E-state index in [1.165, 1.54) is 22.9 Å². The lowest BCUT2D eigenvalue weighted by Gasteiger charge is -2.08. The first kappa shape index (κ1) is 17.4. The number of nitrogens with one attached hydrogen (secondary N) is 1. The summed E-state index contributed by atoms with van der Waals surface area (Å²) in [6.45, 7) is 6.04. The number of benzene rings is 2. The normalized spacial score (nSPS) is 12.1. The molecule has 0 radical (unpaired) electrons. The summed E-state index contributed by atoms with van der Waals surface area (Å²) >= 11 is 1.37. The monoisotopic (exact) mass is 351 g/mol. The van der Waals surface area contributed by atoms with Crippen LogP contribution in [-0.4, -0.2) is 26.2 Å². The van der Waals surface area contributed by atoms with Gasteiger partial charge in [0, 0.05) is 11.1 Å². The van der Waals surface area contributed by atoms with Crippen molar-refractivity contribution in [1.82, 2.24) is 15.2 Å². The number of aromatic nitrogens is 3. The molecule has 0 aliphatic rings. The fraction of sp³-hybridized carbons (Fsp3) is 0.250. The molecule has 0 unspecified atom stereocenters. The van der Waals surface area contributed by atoms with Gasteiger partial charge in [-0.25, -0.2) is 4.98 Å². The maximum Gasteiger partial charge on any atom is 0.209 e. The molecule has 0 saturated heterocycles. The van der Waals surface area contributed by atoms with E-state index in [1.807, 2.05) is 62.4 Å². The van der Waals surface area contributed by atoms with Gasteiger partial charge in [-0.2, -0.15) is 0 Å². The van der Waals surface area contributed by atoms with Crippen molar-refractivity contribution in [2.45, 2.75) is 37.6 Å². The van der Waals surface area contributed by atoms with Crippen LogP contribution in [0.5, 0.6) is 0 Å². The second kappa shape index (κ2) is 7.66. The van der Waals surface area contributed by atoms with E-state index in [2.05, 4.69) is 22.1 Å². The lowest BCUT2D eigenvalue weighted by atomic mass is 10.1. The molecule has 0 spiro atoms. The first-order valence-corrected chi connectivity index (χ1v) is 9.24. The van der Waals surface area contributed by atoms with Crippen molar-refractivity contribution in [2.75, 3.05) is 0 Å². The number of hydrogen-bond acceptors (Lipinski definition) is 4. The van der Waals surface area contributed by atoms with Crippen LogP contribution < -0.4 is 0 Å². The molecule has 4 nitrogen and oxygen atoms in total. The van der Waals surface area contributed by atoms with Crippen molar-refractivity contribution in [2.24, 2.45) is 0 Å². The van der Waals surface area contributed by atoms with Gasteiger partial charge in [0.25, 0.3) is 0 Å². The van der Waals surface area contributed by atoms with Crippen molar-refractivity contribution >= 4 is 17.5 Å². The number of ketones is 1. The van der Waals surface area contributed by atoms with Crippen LogP contribution in [-0.2, 0) is 6.42 Å². The van der Waals surface area contributed by atoms with Gasteiger partial charge in [0.1, 0.15) is 0 Å². The minimum absolute atomic E-state index is 0.0920. The van der Waals surface area contributed by atoms with Gasteiger partial charge in [-0.05, 0) is 25.8 Å². The van der Waals surface area contributed by atoms with Crippen LogP contribution in [0.25, 0.3) is 11.4 Å². The molecule has 3 aromatic rings. The van der Waals surface area contributed by atoms with Crippen molar-refractivity contribution < 1.29 is 4.79 Å². The molecular weight excluding hydrogens is 330 g/mol. The highest BCUT2D eigenvalue weighted by atomic mass is 32.2. The maximum atomic E-state index is 12.6. The zero-order valence-corrected chi connectivity index (χ0v) is 15.4. The van der Waals surface area contributed by atoms with Crippen LogP contribution in [0.1, 0.15) is 35.3 Å². The summed E-state index contributed by atoms with van der Waals surface area (Å²) in [6, 6.07) is 15.9. The van der Waals surface area contributed by atoms with E-state index >= 15 is 0 Å². The van der Waals surface area contributed by atoms with E-state index in [1.54, 1.807) is 0 Å². The van der Waals surface area contributed by atoms with Crippen molar-refractivity contribution in [3.63, 3.8) is 0 Å². The molecule has 1 atom stereocenters. The van der Waals surface area contributed by atoms with Crippen LogP contribution in [0.15, 0.2) is 53.7 Å². The van der Waals surface area contributed by atoms with Gasteiger partial charge in [-0.1, -0.05) is 72.8 Å². The Hall–Kier alpha value is -2.40. The topological polar surface area (TPSA) is 58.6 Å². The molecule has 1 N–H and O–H groups in total. The zero-order chi connectivity index (χ0) is 17.8. The highest BCUT2D eigenvalue weighted by molar-refractivity contribution is 8.00. The highest BCUT2D eigenvalue weighted by Gasteiger charge is 2.19. The van der Waals surface area contributed by atoms with Gasteiger partial charge in [0.2, 0.25) is 5.16 Å². The molecular formula is C20H21N3OS. The number of carbonyl (C=O) groups is 1. The minimum atomic E-state index is -0.242. The Balaban J connectivity index is 1.69. The molecule has 3 rings (SSSR count). The largest absolute Gasteiger partial charge is 0.293 e. The molecule has 1 aromatic heterocycles. The quantitative estimate of drug-likeness (QED) is 0.516. The molecule has 1 heterocycles. The number of thioether (sulfide) groups is 1. The van der Waals surface area contributed by atoms with Gasteiger partial charge in [0.05, 0.1) is 5.25 Å². The Labute approximate surface area is 152 Å². The average Bonchev–Trinajstić information content (AvgIpc) is 3.10. The van der Waals surface area contributed by atoms with E-state index in [0.29, 0.717) is 5.16 Å². The fourth-order valence-corrected chi connectivity index (χ4v) is 3.29. The summed E-state index contributed by atoms with van der Waals surface area (Å²) in [5.74, 6) is 0.809. The summed E-state index contributed by atoms with van der Waals surface area (Å²) in [5, 5.41) is 7.52. The number of H-pyrrole nitrogens is 1. The average molecular weight is 351 g/mol. The predicted molar refractivity (Wildman–Crippen MR) is 102 cm³/mol. The summed E-state index contributed by atoms with van der Waals surface area (Å²) in [4.78, 5) is 17.1. The number of hydrogen-bond donors (Lipinski definition) is 1. The number of aryl methyl sites for hydroxylation is 2. The number of Topliss-reactive ketones (excluding diaryl/α,β-unsaturated/α-hetero) is 1. The predicted octanol–water partition coefficient (Wildman–Crippen LogP) is 4.71. The Morgan fingerprint density at radius 2 is 1.80 bits per heavy atom. The van der Waals surface area contributed by atoms with Crippen LogP contribution in [0.2, 0.25) is 0 Å². The number of rotatable bonds is 6. The Kier molecular flexibility index (Phi) is 5.34. The van der Waals surface area contributed by atoms with Crippen molar-refractivity contribution in [3.05, 3.63) is 65.2 Å². The summed E-state index contributed by atoms with van der Waals surface area (Å²) in [6.07, 6.45) is 0.970. The minimum Gasteiger partial charge on any atom is -0.293 e. The molecule has 0 aliphatic heterocycles. The maximum absolute atomic E-state index is 12.6. The third-order valence-corrected chi connectivity index (χ3v) is 5.05. The molecule has 0 bridgehead atoms. The molecule has 0 amide bonds. The lowest BCUT2D eigenvalue weighted by molar-refractivity contribution is 0.0994. The molecule has 25 heavy (non-hydrogen) atoms. The van der Waals surface area contributed by atoms with E-state index in [4.69, 9.17) is 0 Å². The molecule has 128 valence electrons. The Bertz CT molecular complexity index is 853. The number of aromatic amines is 1.